The van der Waals surface area contributed by atoms with Crippen molar-refractivity contribution in [3.05, 3.63) is 42.1 Å². The van der Waals surface area contributed by atoms with Crippen LogP contribution >= 0.6 is 0 Å². The van der Waals surface area contributed by atoms with Gasteiger partial charge in [0.2, 0.25) is 11.8 Å². The van der Waals surface area contributed by atoms with Crippen molar-refractivity contribution in [1.82, 2.24) is 20.2 Å². The number of amides is 3. The number of imide groups is 1. The third-order valence-corrected chi connectivity index (χ3v) is 5.79. The summed E-state index contributed by atoms with van der Waals surface area (Å²) in [6.45, 7) is 7.08. The first kappa shape index (κ1) is 27.1. The molecular weight excluding hydrogens is 488 g/mol. The highest BCUT2D eigenvalue weighted by molar-refractivity contribution is 6.11. The van der Waals surface area contributed by atoms with E-state index in [4.69, 9.17) is 14.2 Å². The molecular formula is C28H32N4O6. The maximum atomic E-state index is 12.7. The van der Waals surface area contributed by atoms with E-state index in [0.29, 0.717) is 38.4 Å². The standard InChI is InChI=1S/C28H32N4O6/c1-28(2,3)38-27(35)30-14-16-37-18-17-36-15-6-8-19-7-4-10-21-24(19)20-9-5-13-29-25(20)32(21)22-11-12-23(33)31-26(22)34/h4-5,7,9-10,13,22H,11-12,14-18H2,1-3H3,(H,30,35)(H,31,33,34). The van der Waals surface area contributed by atoms with Gasteiger partial charge < -0.3 is 24.1 Å². The molecule has 10 nitrogen and oxygen atoms in total. The highest BCUT2D eigenvalue weighted by Gasteiger charge is 2.31. The van der Waals surface area contributed by atoms with Crippen LogP contribution in [0.5, 0.6) is 0 Å². The monoisotopic (exact) mass is 520 g/mol. The lowest BCUT2D eigenvalue weighted by atomic mass is 10.1. The second-order valence-corrected chi connectivity index (χ2v) is 9.81. The molecule has 0 spiro atoms. The lowest BCUT2D eigenvalue weighted by Crippen LogP contribution is -2.41. The van der Waals surface area contributed by atoms with E-state index in [0.717, 1.165) is 21.9 Å². The van der Waals surface area contributed by atoms with Crippen molar-refractivity contribution >= 4 is 39.8 Å². The van der Waals surface area contributed by atoms with Crippen LogP contribution in [-0.2, 0) is 23.8 Å². The average molecular weight is 521 g/mol. The lowest BCUT2D eigenvalue weighted by molar-refractivity contribution is -0.135. The number of aromatic nitrogens is 2. The summed E-state index contributed by atoms with van der Waals surface area (Å²) >= 11 is 0. The molecule has 0 bridgehead atoms. The van der Waals surface area contributed by atoms with Crippen molar-refractivity contribution in [1.29, 1.82) is 0 Å². The Hall–Kier alpha value is -3.94. The molecule has 3 aromatic rings. The van der Waals surface area contributed by atoms with Crippen molar-refractivity contribution in [3.8, 4) is 11.8 Å². The smallest absolute Gasteiger partial charge is 0.407 e. The largest absolute Gasteiger partial charge is 0.444 e. The normalized spacial score (nSPS) is 15.7. The number of hydrogen-bond donors (Lipinski definition) is 2. The summed E-state index contributed by atoms with van der Waals surface area (Å²) in [4.78, 5) is 40.5. The Balaban J connectivity index is 1.34. The molecule has 0 aliphatic carbocycles. The van der Waals surface area contributed by atoms with E-state index >= 15 is 0 Å². The molecule has 1 aromatic carbocycles. The third kappa shape index (κ3) is 6.68. The number of alkyl carbamates (subject to hydrolysis) is 1. The molecule has 1 fully saturated rings. The van der Waals surface area contributed by atoms with Gasteiger partial charge in [-0.2, -0.15) is 0 Å². The second-order valence-electron chi connectivity index (χ2n) is 9.81. The molecule has 2 aromatic heterocycles. The molecule has 2 N–H and O–H groups in total. The van der Waals surface area contributed by atoms with Gasteiger partial charge in [0, 0.05) is 35.5 Å². The van der Waals surface area contributed by atoms with Gasteiger partial charge in [0.05, 0.1) is 25.3 Å². The van der Waals surface area contributed by atoms with Gasteiger partial charge in [0.25, 0.3) is 0 Å². The topological polar surface area (TPSA) is 121 Å². The Morgan fingerprint density at radius 3 is 2.76 bits per heavy atom. The molecule has 1 saturated heterocycles. The van der Waals surface area contributed by atoms with Crippen LogP contribution in [0.3, 0.4) is 0 Å². The van der Waals surface area contributed by atoms with Gasteiger partial charge in [0.1, 0.15) is 23.9 Å². The van der Waals surface area contributed by atoms with E-state index in [-0.39, 0.29) is 24.8 Å². The summed E-state index contributed by atoms with van der Waals surface area (Å²) in [7, 11) is 0. The zero-order chi connectivity index (χ0) is 27.1. The van der Waals surface area contributed by atoms with E-state index in [1.807, 2.05) is 34.9 Å². The fourth-order valence-corrected chi connectivity index (χ4v) is 4.28. The molecule has 3 amide bonds. The first-order valence-corrected chi connectivity index (χ1v) is 12.6. The molecule has 4 rings (SSSR count). The molecule has 200 valence electrons. The minimum absolute atomic E-state index is 0.222. The van der Waals surface area contributed by atoms with Crippen LogP contribution in [0.1, 0.15) is 45.2 Å². The number of nitrogens with zero attached hydrogens (tertiary/aromatic N) is 2. The lowest BCUT2D eigenvalue weighted by Gasteiger charge is -2.23. The van der Waals surface area contributed by atoms with Crippen LogP contribution in [0.25, 0.3) is 21.9 Å². The van der Waals surface area contributed by atoms with Crippen molar-refractivity contribution in [2.45, 2.75) is 45.3 Å². The molecule has 3 heterocycles. The Kier molecular flexibility index (Phi) is 8.61. The highest BCUT2D eigenvalue weighted by atomic mass is 16.6. The van der Waals surface area contributed by atoms with E-state index < -0.39 is 17.7 Å². The Bertz CT molecular complexity index is 1400. The van der Waals surface area contributed by atoms with Gasteiger partial charge in [0.15, 0.2) is 0 Å². The fourth-order valence-electron chi connectivity index (χ4n) is 4.28. The highest BCUT2D eigenvalue weighted by Crippen LogP contribution is 2.34. The Morgan fingerprint density at radius 2 is 1.97 bits per heavy atom. The van der Waals surface area contributed by atoms with Crippen molar-refractivity contribution in [2.24, 2.45) is 0 Å². The first-order valence-electron chi connectivity index (χ1n) is 12.6. The number of benzene rings is 1. The number of piperidine rings is 1. The Labute approximate surface area is 221 Å². The number of ether oxygens (including phenoxy) is 3. The predicted octanol–water partition coefficient (Wildman–Crippen LogP) is 3.08. The van der Waals surface area contributed by atoms with Crippen LogP contribution in [0.15, 0.2) is 36.5 Å². The third-order valence-electron chi connectivity index (χ3n) is 5.79. The van der Waals surface area contributed by atoms with E-state index in [1.165, 1.54) is 0 Å². The number of hydrogen-bond acceptors (Lipinski definition) is 7. The summed E-state index contributed by atoms with van der Waals surface area (Å²) in [6.07, 6.45) is 1.92. The maximum Gasteiger partial charge on any atom is 0.407 e. The summed E-state index contributed by atoms with van der Waals surface area (Å²) < 4.78 is 18.1. The van der Waals surface area contributed by atoms with Gasteiger partial charge >= 0.3 is 6.09 Å². The minimum atomic E-state index is -0.535. The average Bonchev–Trinajstić information content (AvgIpc) is 3.19. The van der Waals surface area contributed by atoms with Crippen molar-refractivity contribution < 1.29 is 28.6 Å². The maximum absolute atomic E-state index is 12.7. The molecule has 1 aliphatic heterocycles. The molecule has 1 atom stereocenters. The summed E-state index contributed by atoms with van der Waals surface area (Å²) in [6, 6.07) is 9.06. The molecule has 10 heteroatoms. The quantitative estimate of drug-likeness (QED) is 0.266. The zero-order valence-corrected chi connectivity index (χ0v) is 21.8. The van der Waals surface area contributed by atoms with E-state index in [2.05, 4.69) is 27.5 Å². The molecule has 0 radical (unpaired) electrons. The van der Waals surface area contributed by atoms with Crippen LogP contribution in [0.2, 0.25) is 0 Å². The second kappa shape index (κ2) is 12.1. The molecule has 1 aliphatic rings. The van der Waals surface area contributed by atoms with E-state index in [9.17, 15) is 14.4 Å². The van der Waals surface area contributed by atoms with Gasteiger partial charge in [-0.05, 0) is 51.5 Å². The number of fused-ring (bicyclic) bond motifs is 3. The number of pyridine rings is 1. The van der Waals surface area contributed by atoms with Gasteiger partial charge in [-0.1, -0.05) is 17.9 Å². The zero-order valence-electron chi connectivity index (χ0n) is 21.8. The van der Waals surface area contributed by atoms with Crippen LogP contribution < -0.4 is 10.6 Å². The summed E-state index contributed by atoms with van der Waals surface area (Å²) in [5, 5.41) is 6.87. The Morgan fingerprint density at radius 1 is 1.16 bits per heavy atom. The van der Waals surface area contributed by atoms with Crippen molar-refractivity contribution in [2.75, 3.05) is 33.0 Å². The molecule has 38 heavy (non-hydrogen) atoms. The van der Waals surface area contributed by atoms with Crippen LogP contribution in [0.4, 0.5) is 4.79 Å². The number of carbonyl (C=O) groups is 3. The molecule has 1 unspecified atom stereocenters. The van der Waals surface area contributed by atoms with Gasteiger partial charge in [-0.3, -0.25) is 14.9 Å². The van der Waals surface area contributed by atoms with Crippen molar-refractivity contribution in [3.63, 3.8) is 0 Å². The fraction of sp³-hybridized carbons (Fsp3) is 0.429. The number of rotatable bonds is 8. The van der Waals surface area contributed by atoms with Crippen LogP contribution in [-0.4, -0.2) is 66.0 Å². The summed E-state index contributed by atoms with van der Waals surface area (Å²) in [5.41, 5.74) is 1.79. The van der Waals surface area contributed by atoms with E-state index in [1.54, 1.807) is 27.0 Å². The SMILES string of the molecule is CC(C)(C)OC(=O)NCCOCCOCC#Cc1cccc2c1c1cccnc1n2C1CCC(=O)NC1=O. The number of carbonyl (C=O) groups excluding carboxylic acids is 3. The van der Waals surface area contributed by atoms with Crippen LogP contribution in [0, 0.1) is 11.8 Å². The van der Waals surface area contributed by atoms with Gasteiger partial charge in [-0.25, -0.2) is 9.78 Å². The summed E-state index contributed by atoms with van der Waals surface area (Å²) in [5.74, 6) is 5.65. The minimum Gasteiger partial charge on any atom is -0.444 e. The predicted molar refractivity (Wildman–Crippen MR) is 141 cm³/mol. The first-order chi connectivity index (χ1) is 18.2. The van der Waals surface area contributed by atoms with Gasteiger partial charge in [-0.15, -0.1) is 0 Å². The number of nitrogens with one attached hydrogen (secondary N) is 2. The molecule has 0 saturated carbocycles.